The number of aromatic amines is 1. The van der Waals surface area contributed by atoms with E-state index in [1.54, 1.807) is 30.3 Å². The molecule has 0 aliphatic carbocycles. The van der Waals surface area contributed by atoms with Gasteiger partial charge in [0.05, 0.1) is 11.1 Å². The molecule has 0 unspecified atom stereocenters. The van der Waals surface area contributed by atoms with Gasteiger partial charge in [-0.05, 0) is 31.2 Å². The van der Waals surface area contributed by atoms with Crippen LogP contribution in [0.15, 0.2) is 36.4 Å². The molecule has 0 bridgehead atoms. The summed E-state index contributed by atoms with van der Waals surface area (Å²) in [7, 11) is 0. The van der Waals surface area contributed by atoms with Gasteiger partial charge in [-0.1, -0.05) is 12.1 Å². The van der Waals surface area contributed by atoms with Crippen LogP contribution in [-0.2, 0) is 0 Å². The summed E-state index contributed by atoms with van der Waals surface area (Å²) in [6.45, 7) is 1.51. The molecule has 1 heterocycles. The molecule has 0 aliphatic rings. The van der Waals surface area contributed by atoms with Crippen LogP contribution < -0.4 is 0 Å². The number of carbonyl (C=O) groups is 2. The van der Waals surface area contributed by atoms with Gasteiger partial charge in [0.15, 0.2) is 5.78 Å². The number of fused-ring (bicyclic) bond motifs is 3. The third-order valence-corrected chi connectivity index (χ3v) is 3.27. The van der Waals surface area contributed by atoms with Gasteiger partial charge in [-0.15, -0.1) is 0 Å². The van der Waals surface area contributed by atoms with Crippen molar-refractivity contribution in [3.8, 4) is 0 Å². The molecule has 94 valence electrons. The number of aromatic nitrogens is 1. The van der Waals surface area contributed by atoms with E-state index in [0.29, 0.717) is 11.1 Å². The minimum atomic E-state index is -0.969. The summed E-state index contributed by atoms with van der Waals surface area (Å²) in [6, 6.07) is 10.5. The van der Waals surface area contributed by atoms with Crippen molar-refractivity contribution in [2.75, 3.05) is 0 Å². The molecule has 3 aromatic rings. The lowest BCUT2D eigenvalue weighted by Crippen LogP contribution is -1.96. The Hall–Kier alpha value is -2.62. The Morgan fingerprint density at radius 1 is 1.11 bits per heavy atom. The van der Waals surface area contributed by atoms with Crippen molar-refractivity contribution >= 4 is 33.6 Å². The molecule has 0 aliphatic heterocycles. The molecular weight excluding hydrogens is 242 g/mol. The standard InChI is InChI=1S/C15H11NO3/c1-8(17)9-5-6-13-12(7-9)10-3-2-4-11(15(18)19)14(10)16-13/h2-7,16H,1H3,(H,18,19). The predicted molar refractivity (Wildman–Crippen MR) is 72.8 cm³/mol. The molecule has 2 N–H and O–H groups in total. The normalized spacial score (nSPS) is 11.0. The van der Waals surface area contributed by atoms with Crippen molar-refractivity contribution in [3.63, 3.8) is 0 Å². The van der Waals surface area contributed by atoms with E-state index in [0.717, 1.165) is 16.3 Å². The average molecular weight is 253 g/mol. The van der Waals surface area contributed by atoms with Crippen molar-refractivity contribution in [3.05, 3.63) is 47.5 Å². The van der Waals surface area contributed by atoms with Crippen LogP contribution in [0.2, 0.25) is 0 Å². The molecule has 0 amide bonds. The molecule has 0 saturated carbocycles. The molecule has 0 atom stereocenters. The maximum absolute atomic E-state index is 11.4. The van der Waals surface area contributed by atoms with Gasteiger partial charge >= 0.3 is 5.97 Å². The van der Waals surface area contributed by atoms with E-state index in [9.17, 15) is 14.7 Å². The van der Waals surface area contributed by atoms with Crippen LogP contribution in [0.5, 0.6) is 0 Å². The van der Waals surface area contributed by atoms with E-state index in [4.69, 9.17) is 0 Å². The minimum absolute atomic E-state index is 0.00867. The smallest absolute Gasteiger partial charge is 0.337 e. The Labute approximate surface area is 108 Å². The van der Waals surface area contributed by atoms with E-state index in [2.05, 4.69) is 4.98 Å². The zero-order valence-electron chi connectivity index (χ0n) is 10.2. The number of H-pyrrole nitrogens is 1. The Bertz CT molecular complexity index is 830. The van der Waals surface area contributed by atoms with Crippen LogP contribution in [0.3, 0.4) is 0 Å². The highest BCUT2D eigenvalue weighted by atomic mass is 16.4. The van der Waals surface area contributed by atoms with Crippen molar-refractivity contribution in [2.45, 2.75) is 6.92 Å². The number of hydrogen-bond donors (Lipinski definition) is 2. The first-order valence-electron chi connectivity index (χ1n) is 5.86. The van der Waals surface area contributed by atoms with Gasteiger partial charge in [-0.2, -0.15) is 0 Å². The molecule has 4 heteroatoms. The number of benzene rings is 2. The zero-order chi connectivity index (χ0) is 13.6. The second-order valence-corrected chi connectivity index (χ2v) is 4.47. The number of Topliss-reactive ketones (excluding diaryl/α,β-unsaturated/α-hetero) is 1. The van der Waals surface area contributed by atoms with Crippen molar-refractivity contribution in [1.82, 2.24) is 4.98 Å². The summed E-state index contributed by atoms with van der Waals surface area (Å²) in [5, 5.41) is 10.9. The molecule has 4 nitrogen and oxygen atoms in total. The largest absolute Gasteiger partial charge is 0.478 e. The summed E-state index contributed by atoms with van der Waals surface area (Å²) < 4.78 is 0. The van der Waals surface area contributed by atoms with E-state index in [1.807, 2.05) is 6.07 Å². The Kier molecular flexibility index (Phi) is 2.38. The van der Waals surface area contributed by atoms with Crippen LogP contribution >= 0.6 is 0 Å². The number of rotatable bonds is 2. The number of aromatic carboxylic acids is 1. The lowest BCUT2D eigenvalue weighted by molar-refractivity contribution is 0.0698. The lowest BCUT2D eigenvalue weighted by atomic mass is 10.1. The first-order valence-corrected chi connectivity index (χ1v) is 5.86. The first kappa shape index (κ1) is 11.5. The molecule has 2 aromatic carbocycles. The highest BCUT2D eigenvalue weighted by Crippen LogP contribution is 2.28. The summed E-state index contributed by atoms with van der Waals surface area (Å²) in [5.41, 5.74) is 2.27. The molecular formula is C15H11NO3. The second kappa shape index (κ2) is 3.95. The van der Waals surface area contributed by atoms with E-state index in [1.165, 1.54) is 6.92 Å². The van der Waals surface area contributed by atoms with Crippen molar-refractivity contribution in [2.24, 2.45) is 0 Å². The minimum Gasteiger partial charge on any atom is -0.478 e. The number of ketones is 1. The molecule has 0 radical (unpaired) electrons. The van der Waals surface area contributed by atoms with Crippen LogP contribution in [-0.4, -0.2) is 21.8 Å². The fourth-order valence-electron chi connectivity index (χ4n) is 2.32. The molecule has 0 fully saturated rings. The van der Waals surface area contributed by atoms with E-state index < -0.39 is 5.97 Å². The fourth-order valence-corrected chi connectivity index (χ4v) is 2.32. The van der Waals surface area contributed by atoms with Gasteiger partial charge in [0.25, 0.3) is 0 Å². The monoisotopic (exact) mass is 253 g/mol. The maximum Gasteiger partial charge on any atom is 0.337 e. The summed E-state index contributed by atoms with van der Waals surface area (Å²) in [5.74, 6) is -0.977. The Morgan fingerprint density at radius 3 is 2.58 bits per heavy atom. The van der Waals surface area contributed by atoms with E-state index >= 15 is 0 Å². The van der Waals surface area contributed by atoms with Crippen LogP contribution in [0.25, 0.3) is 21.8 Å². The third kappa shape index (κ3) is 1.69. The van der Waals surface area contributed by atoms with Crippen LogP contribution in [0.4, 0.5) is 0 Å². The zero-order valence-corrected chi connectivity index (χ0v) is 10.2. The number of nitrogens with one attached hydrogen (secondary N) is 1. The first-order chi connectivity index (χ1) is 9.08. The Balaban J connectivity index is 2.43. The number of carboxylic acid groups (broad SMARTS) is 1. The molecule has 0 saturated heterocycles. The average Bonchev–Trinajstić information content (AvgIpc) is 2.75. The van der Waals surface area contributed by atoms with Gasteiger partial charge in [0.1, 0.15) is 0 Å². The number of carbonyl (C=O) groups excluding carboxylic acids is 1. The van der Waals surface area contributed by atoms with Crippen molar-refractivity contribution in [1.29, 1.82) is 0 Å². The maximum atomic E-state index is 11.4. The molecule has 3 rings (SSSR count). The SMILES string of the molecule is CC(=O)c1ccc2[nH]c3c(C(=O)O)cccc3c2c1. The number of hydrogen-bond acceptors (Lipinski definition) is 2. The highest BCUT2D eigenvalue weighted by molar-refractivity contribution is 6.14. The second-order valence-electron chi connectivity index (χ2n) is 4.47. The van der Waals surface area contributed by atoms with Gasteiger partial charge in [-0.3, -0.25) is 4.79 Å². The van der Waals surface area contributed by atoms with Gasteiger partial charge in [0, 0.05) is 21.9 Å². The molecule has 1 aromatic heterocycles. The summed E-state index contributed by atoms with van der Waals surface area (Å²) in [4.78, 5) is 25.7. The number of para-hydroxylation sites is 1. The number of carboxylic acids is 1. The van der Waals surface area contributed by atoms with Gasteiger partial charge in [0.2, 0.25) is 0 Å². The lowest BCUT2D eigenvalue weighted by Gasteiger charge is -1.97. The predicted octanol–water partition coefficient (Wildman–Crippen LogP) is 3.22. The van der Waals surface area contributed by atoms with Crippen LogP contribution in [0.1, 0.15) is 27.6 Å². The molecule has 19 heavy (non-hydrogen) atoms. The fraction of sp³-hybridized carbons (Fsp3) is 0.0667. The van der Waals surface area contributed by atoms with Crippen molar-refractivity contribution < 1.29 is 14.7 Å². The highest BCUT2D eigenvalue weighted by Gasteiger charge is 2.13. The topological polar surface area (TPSA) is 70.2 Å². The van der Waals surface area contributed by atoms with E-state index in [-0.39, 0.29) is 11.3 Å². The Morgan fingerprint density at radius 2 is 1.89 bits per heavy atom. The summed E-state index contributed by atoms with van der Waals surface area (Å²) >= 11 is 0. The van der Waals surface area contributed by atoms with Gasteiger partial charge in [-0.25, -0.2) is 4.79 Å². The summed E-state index contributed by atoms with van der Waals surface area (Å²) in [6.07, 6.45) is 0. The third-order valence-electron chi connectivity index (χ3n) is 3.27. The quantitative estimate of drug-likeness (QED) is 0.689. The molecule has 0 spiro atoms. The van der Waals surface area contributed by atoms with Crippen LogP contribution in [0, 0.1) is 0 Å². The van der Waals surface area contributed by atoms with Gasteiger partial charge < -0.3 is 10.1 Å².